The smallest absolute Gasteiger partial charge is 0.263 e. The van der Waals surface area contributed by atoms with E-state index in [-0.39, 0.29) is 11.9 Å². The van der Waals surface area contributed by atoms with E-state index in [1.165, 1.54) is 0 Å². The first-order valence-corrected chi connectivity index (χ1v) is 7.31. The fraction of sp³-hybridized carbons (Fsp3) is 0.533. The van der Waals surface area contributed by atoms with Crippen LogP contribution >= 0.6 is 11.6 Å². The molecule has 0 radical (unpaired) electrons. The molecule has 1 amide bonds. The molecule has 1 saturated heterocycles. The van der Waals surface area contributed by atoms with Gasteiger partial charge in [0.25, 0.3) is 5.91 Å². The summed E-state index contributed by atoms with van der Waals surface area (Å²) in [5.74, 6) is 0.710. The number of piperazine rings is 1. The number of nitrogens with zero attached hydrogens (tertiary/aromatic N) is 1. The Kier molecular flexibility index (Phi) is 4.89. The van der Waals surface area contributed by atoms with Crippen LogP contribution < -0.4 is 10.1 Å². The lowest BCUT2D eigenvalue weighted by Gasteiger charge is -2.35. The van der Waals surface area contributed by atoms with Gasteiger partial charge >= 0.3 is 0 Å². The fourth-order valence-corrected chi connectivity index (χ4v) is 2.46. The van der Waals surface area contributed by atoms with Crippen molar-refractivity contribution in [1.82, 2.24) is 10.2 Å². The number of nitrogens with one attached hydrogen (secondary N) is 1. The van der Waals surface area contributed by atoms with E-state index in [0.29, 0.717) is 10.8 Å². The van der Waals surface area contributed by atoms with Gasteiger partial charge in [0.2, 0.25) is 0 Å². The maximum atomic E-state index is 12.4. The molecule has 1 aromatic carbocycles. The number of amides is 1. The lowest BCUT2D eigenvalue weighted by atomic mass is 10.2. The highest BCUT2D eigenvalue weighted by Crippen LogP contribution is 2.22. The van der Waals surface area contributed by atoms with Crippen LogP contribution in [-0.4, -0.2) is 42.6 Å². The zero-order chi connectivity index (χ0) is 14.7. The number of aryl methyl sites for hydroxylation is 1. The average molecular weight is 297 g/mol. The molecule has 1 aromatic rings. The second kappa shape index (κ2) is 6.46. The van der Waals surface area contributed by atoms with E-state index in [0.717, 1.165) is 25.2 Å². The highest BCUT2D eigenvalue weighted by atomic mass is 35.5. The van der Waals surface area contributed by atoms with Crippen LogP contribution in [0.4, 0.5) is 0 Å². The van der Waals surface area contributed by atoms with Crippen LogP contribution in [0.5, 0.6) is 5.75 Å². The maximum Gasteiger partial charge on any atom is 0.263 e. The van der Waals surface area contributed by atoms with Gasteiger partial charge < -0.3 is 15.0 Å². The first kappa shape index (κ1) is 15.1. The van der Waals surface area contributed by atoms with Crippen molar-refractivity contribution in [1.29, 1.82) is 0 Å². The number of benzene rings is 1. The number of hydrogen-bond donors (Lipinski definition) is 1. The minimum absolute atomic E-state index is 0.0339. The third kappa shape index (κ3) is 3.44. The number of carbonyl (C=O) groups excluding carboxylic acids is 1. The van der Waals surface area contributed by atoms with Crippen molar-refractivity contribution in [3.8, 4) is 5.75 Å². The number of carbonyl (C=O) groups is 1. The Morgan fingerprint density at radius 2 is 2.30 bits per heavy atom. The predicted octanol–water partition coefficient (Wildman–Crippen LogP) is 2.24. The second-order valence-electron chi connectivity index (χ2n) is 5.26. The Morgan fingerprint density at radius 3 is 2.95 bits per heavy atom. The zero-order valence-corrected chi connectivity index (χ0v) is 12.9. The molecule has 1 fully saturated rings. The molecule has 1 aliphatic heterocycles. The van der Waals surface area contributed by atoms with Gasteiger partial charge in [0.1, 0.15) is 5.75 Å². The molecule has 0 spiro atoms. The van der Waals surface area contributed by atoms with Gasteiger partial charge in [-0.1, -0.05) is 11.6 Å². The summed E-state index contributed by atoms with van der Waals surface area (Å²) >= 11 is 5.98. The molecular formula is C15H21ClN2O2. The Labute approximate surface area is 125 Å². The van der Waals surface area contributed by atoms with Crippen molar-refractivity contribution >= 4 is 17.5 Å². The molecule has 2 unspecified atom stereocenters. The van der Waals surface area contributed by atoms with E-state index < -0.39 is 6.10 Å². The van der Waals surface area contributed by atoms with E-state index in [9.17, 15) is 4.79 Å². The Hall–Kier alpha value is -1.26. The average Bonchev–Trinajstić information content (AvgIpc) is 2.42. The van der Waals surface area contributed by atoms with E-state index in [4.69, 9.17) is 16.3 Å². The predicted molar refractivity (Wildman–Crippen MR) is 80.3 cm³/mol. The number of ether oxygens (including phenoxy) is 1. The van der Waals surface area contributed by atoms with Crippen molar-refractivity contribution in [2.75, 3.05) is 19.6 Å². The summed E-state index contributed by atoms with van der Waals surface area (Å²) in [4.78, 5) is 14.3. The van der Waals surface area contributed by atoms with E-state index in [1.807, 2.05) is 24.8 Å². The summed E-state index contributed by atoms with van der Waals surface area (Å²) in [6, 6.07) is 5.64. The molecule has 0 saturated carbocycles. The summed E-state index contributed by atoms with van der Waals surface area (Å²) < 4.78 is 5.74. The SMILES string of the molecule is Cc1cc(OC(C)C(=O)N2CCNCC2C)ccc1Cl. The lowest BCUT2D eigenvalue weighted by Crippen LogP contribution is -2.55. The van der Waals surface area contributed by atoms with Crippen LogP contribution in [0.2, 0.25) is 5.02 Å². The summed E-state index contributed by atoms with van der Waals surface area (Å²) in [7, 11) is 0. The van der Waals surface area contributed by atoms with Gasteiger partial charge in [0.05, 0.1) is 0 Å². The van der Waals surface area contributed by atoms with Crippen molar-refractivity contribution in [3.05, 3.63) is 28.8 Å². The van der Waals surface area contributed by atoms with Gasteiger partial charge in [-0.3, -0.25) is 4.79 Å². The maximum absolute atomic E-state index is 12.4. The molecule has 5 heteroatoms. The van der Waals surface area contributed by atoms with Gasteiger partial charge in [0.15, 0.2) is 6.10 Å². The normalized spacial score (nSPS) is 20.6. The highest BCUT2D eigenvalue weighted by Gasteiger charge is 2.27. The standard InChI is InChI=1S/C15H21ClN2O2/c1-10-8-13(4-5-14(10)16)20-12(3)15(19)18-7-6-17-9-11(18)2/h4-5,8,11-12,17H,6-7,9H2,1-3H3. The lowest BCUT2D eigenvalue weighted by molar-refractivity contribution is -0.140. The summed E-state index contributed by atoms with van der Waals surface area (Å²) in [6.45, 7) is 8.15. The van der Waals surface area contributed by atoms with Gasteiger partial charge in [-0.15, -0.1) is 0 Å². The minimum Gasteiger partial charge on any atom is -0.481 e. The molecule has 4 nitrogen and oxygen atoms in total. The quantitative estimate of drug-likeness (QED) is 0.930. The molecule has 0 bridgehead atoms. The second-order valence-corrected chi connectivity index (χ2v) is 5.66. The van der Waals surface area contributed by atoms with Crippen LogP contribution in [0.25, 0.3) is 0 Å². The monoisotopic (exact) mass is 296 g/mol. The van der Waals surface area contributed by atoms with Crippen LogP contribution in [0.3, 0.4) is 0 Å². The third-order valence-corrected chi connectivity index (χ3v) is 4.00. The molecular weight excluding hydrogens is 276 g/mol. The van der Waals surface area contributed by atoms with Gasteiger partial charge in [-0.25, -0.2) is 0 Å². The van der Waals surface area contributed by atoms with Gasteiger partial charge in [-0.05, 0) is 44.5 Å². The molecule has 1 aliphatic rings. The summed E-state index contributed by atoms with van der Waals surface area (Å²) in [5, 5.41) is 3.97. The topological polar surface area (TPSA) is 41.6 Å². The Balaban J connectivity index is 2.01. The van der Waals surface area contributed by atoms with Gasteiger partial charge in [0, 0.05) is 30.7 Å². The van der Waals surface area contributed by atoms with Crippen LogP contribution in [0, 0.1) is 6.92 Å². The van der Waals surface area contributed by atoms with Crippen LogP contribution in [0.15, 0.2) is 18.2 Å². The third-order valence-electron chi connectivity index (χ3n) is 3.57. The number of hydrogen-bond acceptors (Lipinski definition) is 3. The molecule has 0 aromatic heterocycles. The van der Waals surface area contributed by atoms with Crippen molar-refractivity contribution in [3.63, 3.8) is 0 Å². The summed E-state index contributed by atoms with van der Waals surface area (Å²) in [5.41, 5.74) is 0.944. The molecule has 1 heterocycles. The summed E-state index contributed by atoms with van der Waals surface area (Å²) in [6.07, 6.45) is -0.490. The number of halogens is 1. The molecule has 20 heavy (non-hydrogen) atoms. The largest absolute Gasteiger partial charge is 0.481 e. The fourth-order valence-electron chi connectivity index (χ4n) is 2.35. The zero-order valence-electron chi connectivity index (χ0n) is 12.1. The van der Waals surface area contributed by atoms with Crippen molar-refractivity contribution < 1.29 is 9.53 Å². The Morgan fingerprint density at radius 1 is 1.55 bits per heavy atom. The first-order chi connectivity index (χ1) is 9.49. The number of rotatable bonds is 3. The molecule has 2 rings (SSSR count). The van der Waals surface area contributed by atoms with E-state index in [1.54, 1.807) is 19.1 Å². The first-order valence-electron chi connectivity index (χ1n) is 6.93. The molecule has 0 aliphatic carbocycles. The van der Waals surface area contributed by atoms with Crippen molar-refractivity contribution in [2.45, 2.75) is 32.9 Å². The van der Waals surface area contributed by atoms with Crippen molar-refractivity contribution in [2.24, 2.45) is 0 Å². The van der Waals surface area contributed by atoms with E-state index in [2.05, 4.69) is 5.32 Å². The van der Waals surface area contributed by atoms with Crippen LogP contribution in [-0.2, 0) is 4.79 Å². The molecule has 1 N–H and O–H groups in total. The minimum atomic E-state index is -0.490. The molecule has 2 atom stereocenters. The van der Waals surface area contributed by atoms with Crippen LogP contribution in [0.1, 0.15) is 19.4 Å². The highest BCUT2D eigenvalue weighted by molar-refractivity contribution is 6.31. The molecule has 110 valence electrons. The van der Waals surface area contributed by atoms with Gasteiger partial charge in [-0.2, -0.15) is 0 Å². The van der Waals surface area contributed by atoms with E-state index >= 15 is 0 Å². The Bertz CT molecular complexity index is 493.